The average molecular weight is 436 g/mol. The number of rotatable bonds is 4. The maximum absolute atomic E-state index is 12.8. The lowest BCUT2D eigenvalue weighted by molar-refractivity contribution is -0.145. The summed E-state index contributed by atoms with van der Waals surface area (Å²) in [5.74, 6) is -0.274. The van der Waals surface area contributed by atoms with Crippen molar-refractivity contribution >= 4 is 28.4 Å². The van der Waals surface area contributed by atoms with E-state index in [9.17, 15) is 9.59 Å². The molecule has 0 bridgehead atoms. The Labute approximate surface area is 186 Å². The Morgan fingerprint density at radius 2 is 2.16 bits per heavy atom. The van der Waals surface area contributed by atoms with Crippen LogP contribution in [0.15, 0.2) is 24.3 Å². The summed E-state index contributed by atoms with van der Waals surface area (Å²) in [5.41, 5.74) is 6.55. The molecule has 1 saturated heterocycles. The molecular formula is C24H29N5O3. The minimum Gasteiger partial charge on any atom is -0.370 e. The molecule has 0 spiro atoms. The van der Waals surface area contributed by atoms with Crippen LogP contribution in [0.5, 0.6) is 0 Å². The number of aromatic amines is 2. The number of carbonyl (C=O) groups excluding carboxylic acids is 2. The van der Waals surface area contributed by atoms with E-state index in [2.05, 4.69) is 35.1 Å². The van der Waals surface area contributed by atoms with Crippen LogP contribution in [0.2, 0.25) is 0 Å². The Hall–Kier alpha value is -3.13. The van der Waals surface area contributed by atoms with Crippen molar-refractivity contribution in [2.45, 2.75) is 33.1 Å². The van der Waals surface area contributed by atoms with Crippen molar-refractivity contribution in [1.29, 1.82) is 0 Å². The maximum Gasteiger partial charge on any atom is 0.249 e. The molecule has 1 fully saturated rings. The molecule has 0 unspecified atom stereocenters. The molecule has 2 amide bonds. The number of hydrogen-bond acceptors (Lipinski definition) is 4. The van der Waals surface area contributed by atoms with Gasteiger partial charge in [-0.3, -0.25) is 14.7 Å². The van der Waals surface area contributed by atoms with Gasteiger partial charge in [-0.15, -0.1) is 0 Å². The average Bonchev–Trinajstić information content (AvgIpc) is 3.36. The maximum atomic E-state index is 12.8. The summed E-state index contributed by atoms with van der Waals surface area (Å²) < 4.78 is 5.14. The fourth-order valence-corrected chi connectivity index (χ4v) is 4.65. The summed E-state index contributed by atoms with van der Waals surface area (Å²) in [6, 6.07) is 8.03. The van der Waals surface area contributed by atoms with Crippen LogP contribution in [0.1, 0.15) is 31.5 Å². The molecule has 1 aliphatic heterocycles. The molecule has 0 atom stereocenters. The van der Waals surface area contributed by atoms with Gasteiger partial charge < -0.3 is 19.5 Å². The van der Waals surface area contributed by atoms with Crippen molar-refractivity contribution in [2.24, 2.45) is 5.41 Å². The first-order chi connectivity index (χ1) is 15.3. The van der Waals surface area contributed by atoms with Crippen LogP contribution in [-0.4, -0.2) is 65.2 Å². The molecule has 32 heavy (non-hydrogen) atoms. The van der Waals surface area contributed by atoms with Crippen LogP contribution >= 0.6 is 0 Å². The Kier molecular flexibility index (Phi) is 5.04. The van der Waals surface area contributed by atoms with Gasteiger partial charge in [-0.05, 0) is 42.9 Å². The Balaban J connectivity index is 1.37. The van der Waals surface area contributed by atoms with Gasteiger partial charge in [-0.1, -0.05) is 19.9 Å². The first kappa shape index (κ1) is 20.8. The van der Waals surface area contributed by atoms with E-state index >= 15 is 0 Å². The van der Waals surface area contributed by atoms with Gasteiger partial charge in [-0.2, -0.15) is 5.10 Å². The highest BCUT2D eigenvalue weighted by Crippen LogP contribution is 2.38. The second kappa shape index (κ2) is 7.78. The molecule has 2 aromatic heterocycles. The summed E-state index contributed by atoms with van der Waals surface area (Å²) in [5, 5.41) is 8.94. The number of H-pyrrole nitrogens is 2. The number of aromatic nitrogens is 3. The number of likely N-dealkylation sites (N-methyl/N-ethyl adjacent to an activating group) is 1. The summed E-state index contributed by atoms with van der Waals surface area (Å²) in [6.45, 7) is 5.61. The van der Waals surface area contributed by atoms with E-state index in [-0.39, 0.29) is 25.0 Å². The van der Waals surface area contributed by atoms with Gasteiger partial charge in [0.25, 0.3) is 0 Å². The molecule has 3 heterocycles. The van der Waals surface area contributed by atoms with Crippen molar-refractivity contribution in [3.8, 4) is 11.4 Å². The zero-order chi connectivity index (χ0) is 22.5. The summed E-state index contributed by atoms with van der Waals surface area (Å²) in [6.07, 6.45) is 3.18. The lowest BCUT2D eigenvalue weighted by Crippen LogP contribution is -2.47. The van der Waals surface area contributed by atoms with E-state index in [1.165, 1.54) is 11.3 Å². The van der Waals surface area contributed by atoms with Gasteiger partial charge in [0.05, 0.1) is 12.3 Å². The largest absolute Gasteiger partial charge is 0.370 e. The Morgan fingerprint density at radius 1 is 1.31 bits per heavy atom. The predicted octanol–water partition coefficient (Wildman–Crippen LogP) is 2.89. The Morgan fingerprint density at radius 3 is 2.97 bits per heavy atom. The van der Waals surface area contributed by atoms with Gasteiger partial charge in [0.1, 0.15) is 18.8 Å². The first-order valence-corrected chi connectivity index (χ1v) is 11.1. The van der Waals surface area contributed by atoms with E-state index in [0.29, 0.717) is 18.6 Å². The van der Waals surface area contributed by atoms with Crippen molar-refractivity contribution in [1.82, 2.24) is 20.1 Å². The number of nitrogens with zero attached hydrogens (tertiary/aromatic N) is 3. The molecule has 1 aromatic carbocycles. The van der Waals surface area contributed by atoms with Crippen LogP contribution in [0.3, 0.4) is 0 Å². The SMILES string of the molecule is CN(C(=O)CN1CCOCC1=O)c1ccc2cc(-c3n[nH]c4c3CCC(C)(C)C4)[nH]c2c1. The fraction of sp³-hybridized carbons (Fsp3) is 0.458. The molecule has 3 aromatic rings. The number of hydrogen-bond donors (Lipinski definition) is 2. The third-order valence-corrected chi connectivity index (χ3v) is 6.69. The van der Waals surface area contributed by atoms with Gasteiger partial charge in [-0.25, -0.2) is 0 Å². The number of anilines is 1. The molecule has 1 aliphatic carbocycles. The number of carbonyl (C=O) groups is 2. The van der Waals surface area contributed by atoms with Crippen LogP contribution in [0.25, 0.3) is 22.3 Å². The quantitative estimate of drug-likeness (QED) is 0.659. The molecule has 168 valence electrons. The number of fused-ring (bicyclic) bond motifs is 2. The highest BCUT2D eigenvalue weighted by Gasteiger charge is 2.29. The van der Waals surface area contributed by atoms with Crippen molar-refractivity contribution in [3.63, 3.8) is 0 Å². The molecular weight excluding hydrogens is 406 g/mol. The standard InChI is InChI=1S/C24H29N5O3/c1-24(2)7-6-17-20(12-24)26-27-23(17)19-10-15-4-5-16(11-18(15)25-19)28(3)21(30)13-29-8-9-32-14-22(29)31/h4-5,10-11,25H,6-9,12-14H2,1-3H3,(H,26,27). The molecule has 2 aliphatic rings. The monoisotopic (exact) mass is 435 g/mol. The number of nitrogens with one attached hydrogen (secondary N) is 2. The highest BCUT2D eigenvalue weighted by molar-refractivity contribution is 5.98. The van der Waals surface area contributed by atoms with Gasteiger partial charge in [0.2, 0.25) is 11.8 Å². The summed E-state index contributed by atoms with van der Waals surface area (Å²) in [4.78, 5) is 31.3. The minimum absolute atomic E-state index is 0.0442. The number of amides is 2. The highest BCUT2D eigenvalue weighted by atomic mass is 16.5. The van der Waals surface area contributed by atoms with Gasteiger partial charge in [0, 0.05) is 41.4 Å². The zero-order valence-electron chi connectivity index (χ0n) is 18.8. The van der Waals surface area contributed by atoms with Crippen LogP contribution < -0.4 is 4.90 Å². The third-order valence-electron chi connectivity index (χ3n) is 6.69. The van der Waals surface area contributed by atoms with E-state index in [4.69, 9.17) is 4.74 Å². The first-order valence-electron chi connectivity index (χ1n) is 11.1. The molecule has 0 radical (unpaired) electrons. The number of morpholine rings is 1. The second-order valence-corrected chi connectivity index (χ2v) is 9.65. The van der Waals surface area contributed by atoms with Crippen molar-refractivity contribution in [2.75, 3.05) is 38.3 Å². The van der Waals surface area contributed by atoms with Crippen LogP contribution in [-0.2, 0) is 27.2 Å². The van der Waals surface area contributed by atoms with Crippen molar-refractivity contribution < 1.29 is 14.3 Å². The van der Waals surface area contributed by atoms with Crippen molar-refractivity contribution in [3.05, 3.63) is 35.5 Å². The van der Waals surface area contributed by atoms with Crippen LogP contribution in [0.4, 0.5) is 5.69 Å². The normalized spacial score (nSPS) is 18.1. The predicted molar refractivity (Wildman–Crippen MR) is 122 cm³/mol. The Bertz CT molecular complexity index is 1190. The minimum atomic E-state index is -0.145. The molecule has 2 N–H and O–H groups in total. The second-order valence-electron chi connectivity index (χ2n) is 9.65. The zero-order valence-corrected chi connectivity index (χ0v) is 18.8. The number of benzene rings is 1. The molecule has 0 saturated carbocycles. The summed E-state index contributed by atoms with van der Waals surface area (Å²) >= 11 is 0. The molecule has 8 heteroatoms. The van der Waals surface area contributed by atoms with Gasteiger partial charge >= 0.3 is 0 Å². The van der Waals surface area contributed by atoms with E-state index in [1.807, 2.05) is 18.2 Å². The lowest BCUT2D eigenvalue weighted by atomic mass is 9.76. The van der Waals surface area contributed by atoms with E-state index in [0.717, 1.165) is 47.2 Å². The van der Waals surface area contributed by atoms with E-state index in [1.54, 1.807) is 16.8 Å². The fourth-order valence-electron chi connectivity index (χ4n) is 4.65. The molecule has 5 rings (SSSR count). The van der Waals surface area contributed by atoms with Gasteiger partial charge in [0.15, 0.2) is 0 Å². The lowest BCUT2D eigenvalue weighted by Gasteiger charge is -2.28. The van der Waals surface area contributed by atoms with Crippen LogP contribution in [0, 0.1) is 5.41 Å². The number of ether oxygens (including phenoxy) is 1. The topological polar surface area (TPSA) is 94.3 Å². The summed E-state index contributed by atoms with van der Waals surface area (Å²) in [7, 11) is 1.74. The smallest absolute Gasteiger partial charge is 0.249 e. The van der Waals surface area contributed by atoms with E-state index < -0.39 is 0 Å². The molecule has 8 nitrogen and oxygen atoms in total. The third kappa shape index (κ3) is 3.79.